The molecule has 0 saturated heterocycles. The van der Waals surface area contributed by atoms with E-state index < -0.39 is 0 Å². The largest absolute Gasteiger partial charge is 0.0628 e. The van der Waals surface area contributed by atoms with Crippen molar-refractivity contribution >= 4 is 0 Å². The van der Waals surface area contributed by atoms with E-state index in [1.165, 1.54) is 12.8 Å². The van der Waals surface area contributed by atoms with Crippen molar-refractivity contribution in [2.75, 3.05) is 0 Å². The highest BCUT2D eigenvalue weighted by molar-refractivity contribution is 5.32. The summed E-state index contributed by atoms with van der Waals surface area (Å²) in [5.41, 5.74) is 2.08. The first kappa shape index (κ1) is 16.8. The Morgan fingerprint density at radius 3 is 1.91 bits per heavy atom. The molecule has 4 aliphatic carbocycles. The van der Waals surface area contributed by atoms with Crippen LogP contribution in [0.5, 0.6) is 0 Å². The molecule has 0 aromatic heterocycles. The summed E-state index contributed by atoms with van der Waals surface area (Å²) in [5.74, 6) is 5.36. The van der Waals surface area contributed by atoms with Gasteiger partial charge in [0.25, 0.3) is 0 Å². The molecule has 7 atom stereocenters. The van der Waals surface area contributed by atoms with E-state index >= 15 is 0 Å². The van der Waals surface area contributed by atoms with Crippen LogP contribution in [-0.2, 0) is 0 Å². The molecule has 0 nitrogen and oxygen atoms in total. The minimum Gasteiger partial charge on any atom is -0.0628 e. The minimum absolute atomic E-state index is 0.483. The highest BCUT2D eigenvalue weighted by Crippen LogP contribution is 2.90. The number of hydrogen-bond donors (Lipinski definition) is 0. The molecule has 0 aliphatic heterocycles. The van der Waals surface area contributed by atoms with Gasteiger partial charge in [-0.2, -0.15) is 0 Å². The van der Waals surface area contributed by atoms with Gasteiger partial charge < -0.3 is 0 Å². The summed E-state index contributed by atoms with van der Waals surface area (Å²) in [5, 5.41) is 0. The standard InChI is InChI=1S/C22H40/c1-13(2)12-19(6,7)18-17-11-16-15(5)20(17,8)22(10,14(3)4)21(16,18)9/h13-18H,11-12H2,1-10H3. The SMILES string of the molecule is CC(C)CC(C)(C)C1C2CC3C(C)C2(C)C(C)(C(C)C)C31C. The molecule has 4 fully saturated rings. The van der Waals surface area contributed by atoms with Crippen LogP contribution < -0.4 is 0 Å². The van der Waals surface area contributed by atoms with Gasteiger partial charge in [-0.05, 0) is 70.0 Å². The van der Waals surface area contributed by atoms with E-state index in [9.17, 15) is 0 Å². The molecular formula is C22H40. The van der Waals surface area contributed by atoms with Gasteiger partial charge >= 0.3 is 0 Å². The number of rotatable bonds is 4. The first-order valence-electron chi connectivity index (χ1n) is 9.86. The lowest BCUT2D eigenvalue weighted by atomic mass is 9.52. The summed E-state index contributed by atoms with van der Waals surface area (Å²) < 4.78 is 0. The zero-order chi connectivity index (χ0) is 16.9. The molecule has 4 aliphatic rings. The topological polar surface area (TPSA) is 0 Å². The lowest BCUT2D eigenvalue weighted by Gasteiger charge is -2.52. The summed E-state index contributed by atoms with van der Waals surface area (Å²) in [4.78, 5) is 0. The fourth-order valence-corrected chi connectivity index (χ4v) is 9.30. The zero-order valence-electron chi connectivity index (χ0n) is 16.9. The van der Waals surface area contributed by atoms with E-state index in [1.807, 2.05) is 0 Å². The highest BCUT2D eigenvalue weighted by Gasteiger charge is 2.85. The lowest BCUT2D eigenvalue weighted by Crippen LogP contribution is -2.46. The van der Waals surface area contributed by atoms with Crippen LogP contribution in [0.25, 0.3) is 0 Å². The molecule has 0 aromatic carbocycles. The first-order valence-corrected chi connectivity index (χ1v) is 9.86. The molecule has 0 amide bonds. The van der Waals surface area contributed by atoms with E-state index in [4.69, 9.17) is 0 Å². The van der Waals surface area contributed by atoms with Gasteiger partial charge in [-0.3, -0.25) is 0 Å². The van der Waals surface area contributed by atoms with Gasteiger partial charge in [0, 0.05) is 0 Å². The van der Waals surface area contributed by atoms with Crippen molar-refractivity contribution in [3.63, 3.8) is 0 Å². The molecule has 0 heteroatoms. The maximum Gasteiger partial charge on any atom is -0.0184 e. The fourth-order valence-electron chi connectivity index (χ4n) is 9.30. The average molecular weight is 305 g/mol. The van der Waals surface area contributed by atoms with E-state index in [0.29, 0.717) is 21.7 Å². The Balaban J connectivity index is 2.13. The second-order valence-electron chi connectivity index (χ2n) is 11.2. The molecule has 0 aromatic rings. The van der Waals surface area contributed by atoms with Gasteiger partial charge in [0.2, 0.25) is 0 Å². The zero-order valence-corrected chi connectivity index (χ0v) is 16.9. The Bertz CT molecular complexity index is 472. The summed E-state index contributed by atoms with van der Waals surface area (Å²) in [6.07, 6.45) is 2.90. The van der Waals surface area contributed by atoms with Crippen molar-refractivity contribution in [2.45, 2.75) is 82.1 Å². The van der Waals surface area contributed by atoms with Crippen LogP contribution in [-0.4, -0.2) is 0 Å². The Morgan fingerprint density at radius 1 is 0.955 bits per heavy atom. The van der Waals surface area contributed by atoms with Crippen LogP contribution in [0.1, 0.15) is 82.1 Å². The lowest BCUT2D eigenvalue weighted by molar-refractivity contribution is -0.0426. The minimum atomic E-state index is 0.483. The quantitative estimate of drug-likeness (QED) is 0.545. The first-order chi connectivity index (χ1) is 9.86. The molecule has 0 N–H and O–H groups in total. The van der Waals surface area contributed by atoms with E-state index in [-0.39, 0.29) is 0 Å². The van der Waals surface area contributed by atoms with Crippen LogP contribution in [0.3, 0.4) is 0 Å². The highest BCUT2D eigenvalue weighted by atomic mass is 14.9. The van der Waals surface area contributed by atoms with E-state index in [1.54, 1.807) is 0 Å². The van der Waals surface area contributed by atoms with E-state index in [0.717, 1.165) is 35.5 Å². The second-order valence-corrected chi connectivity index (χ2v) is 11.2. The van der Waals surface area contributed by atoms with Gasteiger partial charge in [0.1, 0.15) is 0 Å². The Morgan fingerprint density at radius 2 is 1.50 bits per heavy atom. The van der Waals surface area contributed by atoms with Gasteiger partial charge in [-0.1, -0.05) is 69.2 Å². The normalized spacial score (nSPS) is 53.5. The Kier molecular flexibility index (Phi) is 3.32. The van der Waals surface area contributed by atoms with Crippen molar-refractivity contribution in [1.29, 1.82) is 0 Å². The third-order valence-corrected chi connectivity index (χ3v) is 9.82. The second kappa shape index (κ2) is 4.34. The molecule has 128 valence electrons. The Hall–Kier alpha value is 0. The van der Waals surface area contributed by atoms with Gasteiger partial charge in [0.05, 0.1) is 0 Å². The maximum atomic E-state index is 2.71. The molecule has 4 rings (SSSR count). The van der Waals surface area contributed by atoms with Crippen LogP contribution in [0.4, 0.5) is 0 Å². The predicted octanol–water partition coefficient (Wildman–Crippen LogP) is 6.65. The van der Waals surface area contributed by atoms with Gasteiger partial charge in [-0.25, -0.2) is 0 Å². The molecule has 4 bridgehead atoms. The maximum absolute atomic E-state index is 2.71. The van der Waals surface area contributed by atoms with Crippen molar-refractivity contribution in [2.24, 2.45) is 57.2 Å². The van der Waals surface area contributed by atoms with Crippen molar-refractivity contribution in [1.82, 2.24) is 0 Å². The molecule has 4 saturated carbocycles. The molecule has 0 heterocycles. The van der Waals surface area contributed by atoms with E-state index in [2.05, 4.69) is 69.2 Å². The van der Waals surface area contributed by atoms with Gasteiger partial charge in [-0.15, -0.1) is 0 Å². The van der Waals surface area contributed by atoms with Crippen LogP contribution in [0.15, 0.2) is 0 Å². The fraction of sp³-hybridized carbons (Fsp3) is 1.00. The van der Waals surface area contributed by atoms with Crippen LogP contribution in [0, 0.1) is 57.2 Å². The summed E-state index contributed by atoms with van der Waals surface area (Å²) in [7, 11) is 0. The smallest absolute Gasteiger partial charge is 0.0184 e. The van der Waals surface area contributed by atoms with Crippen molar-refractivity contribution in [3.8, 4) is 0 Å². The summed E-state index contributed by atoms with van der Waals surface area (Å²) >= 11 is 0. The van der Waals surface area contributed by atoms with Gasteiger partial charge in [0.15, 0.2) is 0 Å². The monoisotopic (exact) mass is 304 g/mol. The molecule has 0 radical (unpaired) electrons. The molecule has 7 unspecified atom stereocenters. The average Bonchev–Trinajstić information content (AvgIpc) is 2.88. The number of hydrogen-bond acceptors (Lipinski definition) is 0. The third kappa shape index (κ3) is 1.43. The molecule has 22 heavy (non-hydrogen) atoms. The third-order valence-electron chi connectivity index (χ3n) is 9.82. The van der Waals surface area contributed by atoms with Crippen molar-refractivity contribution < 1.29 is 0 Å². The summed E-state index contributed by atoms with van der Waals surface area (Å²) in [6.45, 7) is 25.7. The predicted molar refractivity (Wildman–Crippen MR) is 96.6 cm³/mol. The van der Waals surface area contributed by atoms with Crippen LogP contribution >= 0.6 is 0 Å². The van der Waals surface area contributed by atoms with Crippen LogP contribution in [0.2, 0.25) is 0 Å². The molecular weight excluding hydrogens is 264 g/mol. The summed E-state index contributed by atoms with van der Waals surface area (Å²) in [6, 6.07) is 0. The molecule has 0 spiro atoms. The van der Waals surface area contributed by atoms with Crippen molar-refractivity contribution in [3.05, 3.63) is 0 Å². The Labute approximate surface area is 139 Å².